The van der Waals surface area contributed by atoms with Gasteiger partial charge in [0.25, 0.3) is 0 Å². The first kappa shape index (κ1) is 14.4. The SMILES string of the molecule is CN(c1cccc(F)c1)C(CN)c1ccc(F)cc1F. The molecule has 0 amide bonds. The van der Waals surface area contributed by atoms with E-state index in [1.54, 1.807) is 24.1 Å². The first-order valence-corrected chi connectivity index (χ1v) is 6.16. The van der Waals surface area contributed by atoms with Crippen molar-refractivity contribution >= 4 is 5.69 Å². The van der Waals surface area contributed by atoms with Crippen LogP contribution in [0.25, 0.3) is 0 Å². The number of benzene rings is 2. The van der Waals surface area contributed by atoms with Crippen LogP contribution in [0.3, 0.4) is 0 Å². The summed E-state index contributed by atoms with van der Waals surface area (Å²) < 4.78 is 40.1. The maximum absolute atomic E-state index is 13.8. The highest BCUT2D eigenvalue weighted by Crippen LogP contribution is 2.27. The van der Waals surface area contributed by atoms with E-state index in [1.807, 2.05) is 0 Å². The van der Waals surface area contributed by atoms with Crippen molar-refractivity contribution in [1.82, 2.24) is 0 Å². The molecule has 0 radical (unpaired) electrons. The van der Waals surface area contributed by atoms with Gasteiger partial charge in [-0.15, -0.1) is 0 Å². The minimum atomic E-state index is -0.663. The molecule has 0 aliphatic carbocycles. The molecule has 20 heavy (non-hydrogen) atoms. The smallest absolute Gasteiger partial charge is 0.131 e. The van der Waals surface area contributed by atoms with Crippen LogP contribution >= 0.6 is 0 Å². The van der Waals surface area contributed by atoms with Gasteiger partial charge in [-0.2, -0.15) is 0 Å². The van der Waals surface area contributed by atoms with E-state index in [0.29, 0.717) is 5.69 Å². The van der Waals surface area contributed by atoms with E-state index in [4.69, 9.17) is 5.73 Å². The average Bonchev–Trinajstić information content (AvgIpc) is 2.41. The summed E-state index contributed by atoms with van der Waals surface area (Å²) in [5.41, 5.74) is 6.54. The summed E-state index contributed by atoms with van der Waals surface area (Å²) in [6.07, 6.45) is 0. The van der Waals surface area contributed by atoms with E-state index in [1.165, 1.54) is 24.3 Å². The van der Waals surface area contributed by atoms with Crippen molar-refractivity contribution in [2.75, 3.05) is 18.5 Å². The Morgan fingerprint density at radius 3 is 2.35 bits per heavy atom. The molecule has 2 aromatic rings. The molecule has 2 rings (SSSR count). The molecule has 0 aliphatic rings. The van der Waals surface area contributed by atoms with Gasteiger partial charge >= 0.3 is 0 Å². The second-order valence-electron chi connectivity index (χ2n) is 4.51. The fourth-order valence-electron chi connectivity index (χ4n) is 2.14. The number of halogens is 3. The van der Waals surface area contributed by atoms with Crippen molar-refractivity contribution in [3.05, 3.63) is 65.5 Å². The third-order valence-electron chi connectivity index (χ3n) is 3.23. The van der Waals surface area contributed by atoms with E-state index in [0.717, 1.165) is 6.07 Å². The minimum Gasteiger partial charge on any atom is -0.366 e. The van der Waals surface area contributed by atoms with Gasteiger partial charge in [0.2, 0.25) is 0 Å². The van der Waals surface area contributed by atoms with Crippen molar-refractivity contribution in [3.8, 4) is 0 Å². The predicted octanol–water partition coefficient (Wildman–Crippen LogP) is 3.24. The zero-order valence-electron chi connectivity index (χ0n) is 11.0. The number of nitrogens with two attached hydrogens (primary N) is 1. The highest BCUT2D eigenvalue weighted by atomic mass is 19.1. The van der Waals surface area contributed by atoms with E-state index in [-0.39, 0.29) is 17.9 Å². The summed E-state index contributed by atoms with van der Waals surface area (Å²) in [7, 11) is 1.69. The Hall–Kier alpha value is -2.01. The molecule has 106 valence electrons. The second-order valence-corrected chi connectivity index (χ2v) is 4.51. The summed E-state index contributed by atoms with van der Waals surface area (Å²) in [6.45, 7) is 0.121. The lowest BCUT2D eigenvalue weighted by atomic mass is 10.0. The summed E-state index contributed by atoms with van der Waals surface area (Å²) in [6, 6.07) is 8.79. The van der Waals surface area contributed by atoms with Crippen molar-refractivity contribution in [2.45, 2.75) is 6.04 Å². The summed E-state index contributed by atoms with van der Waals surface area (Å²) in [5, 5.41) is 0. The molecule has 1 unspecified atom stereocenters. The Balaban J connectivity index is 2.36. The van der Waals surface area contributed by atoms with Crippen LogP contribution in [-0.4, -0.2) is 13.6 Å². The van der Waals surface area contributed by atoms with Gasteiger partial charge in [-0.05, 0) is 24.3 Å². The lowest BCUT2D eigenvalue weighted by Gasteiger charge is -2.29. The second kappa shape index (κ2) is 5.96. The van der Waals surface area contributed by atoms with Crippen LogP contribution in [0.1, 0.15) is 11.6 Å². The van der Waals surface area contributed by atoms with Crippen LogP contribution in [0.4, 0.5) is 18.9 Å². The fourth-order valence-corrected chi connectivity index (χ4v) is 2.14. The predicted molar refractivity (Wildman–Crippen MR) is 73.0 cm³/mol. The highest BCUT2D eigenvalue weighted by Gasteiger charge is 2.20. The van der Waals surface area contributed by atoms with Crippen LogP contribution in [0.5, 0.6) is 0 Å². The third-order valence-corrected chi connectivity index (χ3v) is 3.23. The van der Waals surface area contributed by atoms with Gasteiger partial charge in [-0.1, -0.05) is 12.1 Å². The van der Waals surface area contributed by atoms with Gasteiger partial charge in [0.1, 0.15) is 17.5 Å². The maximum Gasteiger partial charge on any atom is 0.131 e. The Labute approximate surface area is 115 Å². The number of hydrogen-bond donors (Lipinski definition) is 1. The zero-order chi connectivity index (χ0) is 14.7. The zero-order valence-corrected chi connectivity index (χ0v) is 11.0. The number of rotatable bonds is 4. The fraction of sp³-hybridized carbons (Fsp3) is 0.200. The molecule has 1 atom stereocenters. The first-order valence-electron chi connectivity index (χ1n) is 6.16. The van der Waals surface area contributed by atoms with E-state index >= 15 is 0 Å². The van der Waals surface area contributed by atoms with Gasteiger partial charge in [0, 0.05) is 30.9 Å². The molecular weight excluding hydrogens is 265 g/mol. The molecular formula is C15H15F3N2. The third kappa shape index (κ3) is 2.93. The van der Waals surface area contributed by atoms with Gasteiger partial charge in [-0.3, -0.25) is 0 Å². The molecule has 0 aliphatic heterocycles. The lowest BCUT2D eigenvalue weighted by molar-refractivity contribution is 0.549. The maximum atomic E-state index is 13.8. The monoisotopic (exact) mass is 280 g/mol. The van der Waals surface area contributed by atoms with Crippen LogP contribution < -0.4 is 10.6 Å². The first-order chi connectivity index (χ1) is 9.52. The number of anilines is 1. The Morgan fingerprint density at radius 2 is 1.75 bits per heavy atom. The highest BCUT2D eigenvalue weighted by molar-refractivity contribution is 5.48. The normalized spacial score (nSPS) is 12.2. The van der Waals surface area contributed by atoms with Gasteiger partial charge < -0.3 is 10.6 Å². The van der Waals surface area contributed by atoms with Crippen molar-refractivity contribution in [2.24, 2.45) is 5.73 Å². The summed E-state index contributed by atoms with van der Waals surface area (Å²) in [4.78, 5) is 1.67. The molecule has 0 heterocycles. The van der Waals surface area contributed by atoms with Gasteiger partial charge in [-0.25, -0.2) is 13.2 Å². The largest absolute Gasteiger partial charge is 0.366 e. The van der Waals surface area contributed by atoms with Crippen LogP contribution in [-0.2, 0) is 0 Å². The molecule has 0 bridgehead atoms. The van der Waals surface area contributed by atoms with Gasteiger partial charge in [0.05, 0.1) is 6.04 Å². The van der Waals surface area contributed by atoms with Crippen LogP contribution in [0.15, 0.2) is 42.5 Å². The molecule has 2 N–H and O–H groups in total. The molecule has 5 heteroatoms. The Bertz CT molecular complexity index is 601. The quantitative estimate of drug-likeness (QED) is 0.931. The van der Waals surface area contributed by atoms with Crippen molar-refractivity contribution in [1.29, 1.82) is 0 Å². The average molecular weight is 280 g/mol. The minimum absolute atomic E-state index is 0.121. The molecule has 0 fully saturated rings. The van der Waals surface area contributed by atoms with E-state index in [9.17, 15) is 13.2 Å². The van der Waals surface area contributed by atoms with Crippen LogP contribution in [0.2, 0.25) is 0 Å². The van der Waals surface area contributed by atoms with Crippen LogP contribution in [0, 0.1) is 17.5 Å². The molecule has 0 aromatic heterocycles. The number of nitrogens with zero attached hydrogens (tertiary/aromatic N) is 1. The Kier molecular flexibility index (Phi) is 4.29. The lowest BCUT2D eigenvalue weighted by Crippen LogP contribution is -2.31. The van der Waals surface area contributed by atoms with Crippen molar-refractivity contribution < 1.29 is 13.2 Å². The molecule has 0 saturated carbocycles. The molecule has 0 saturated heterocycles. The molecule has 2 aromatic carbocycles. The number of hydrogen-bond acceptors (Lipinski definition) is 2. The Morgan fingerprint density at radius 1 is 1.05 bits per heavy atom. The van der Waals surface area contributed by atoms with Gasteiger partial charge in [0.15, 0.2) is 0 Å². The topological polar surface area (TPSA) is 29.3 Å². The van der Waals surface area contributed by atoms with Crippen molar-refractivity contribution in [3.63, 3.8) is 0 Å². The summed E-state index contributed by atoms with van der Waals surface area (Å²) in [5.74, 6) is -1.69. The number of likely N-dealkylation sites (N-methyl/N-ethyl adjacent to an activating group) is 1. The van der Waals surface area contributed by atoms with E-state index < -0.39 is 17.7 Å². The van der Waals surface area contributed by atoms with E-state index in [2.05, 4.69) is 0 Å². The molecule has 2 nitrogen and oxygen atoms in total. The molecule has 0 spiro atoms. The summed E-state index contributed by atoms with van der Waals surface area (Å²) >= 11 is 0. The standard InChI is InChI=1S/C15H15F3N2/c1-20(12-4-2-3-10(16)7-12)15(9-19)13-6-5-11(17)8-14(13)18/h2-8,15H,9,19H2,1H3.